The minimum absolute atomic E-state index is 0.0350. The fraction of sp³-hybridized carbons (Fsp3) is 0.900. The molecule has 0 aromatic heterocycles. The van der Waals surface area contributed by atoms with Gasteiger partial charge in [-0.15, -0.1) is 0 Å². The van der Waals surface area contributed by atoms with Crippen molar-refractivity contribution in [3.05, 3.63) is 0 Å². The number of rotatable bonds is 1. The predicted octanol–water partition coefficient (Wildman–Crippen LogP) is 1.01. The molecule has 3 nitrogen and oxygen atoms in total. The number of hydrogen-bond acceptors (Lipinski definition) is 2. The van der Waals surface area contributed by atoms with Gasteiger partial charge in [0.15, 0.2) is 0 Å². The third kappa shape index (κ3) is 2.44. The molecule has 1 amide bonds. The topological polar surface area (TPSA) is 40.5 Å². The van der Waals surface area contributed by atoms with Crippen molar-refractivity contribution in [3.8, 4) is 0 Å². The number of carbonyl (C=O) groups excluding carboxylic acids is 1. The maximum Gasteiger partial charge on any atom is 0.225 e. The van der Waals surface area contributed by atoms with Crippen LogP contribution in [0, 0.1) is 5.92 Å². The third-order valence-corrected chi connectivity index (χ3v) is 2.63. The maximum absolute atomic E-state index is 11.7. The summed E-state index contributed by atoms with van der Waals surface area (Å²) in [6.07, 6.45) is 1.42. The molecule has 0 unspecified atom stereocenters. The lowest BCUT2D eigenvalue weighted by Crippen LogP contribution is -2.48. The van der Waals surface area contributed by atoms with Crippen molar-refractivity contribution in [3.63, 3.8) is 0 Å². The molecule has 1 heterocycles. The smallest absolute Gasteiger partial charge is 0.225 e. The third-order valence-electron chi connectivity index (χ3n) is 2.63. The van der Waals surface area contributed by atoms with Gasteiger partial charge in [-0.3, -0.25) is 4.79 Å². The highest BCUT2D eigenvalue weighted by molar-refractivity contribution is 5.78. The number of piperidine rings is 1. The Morgan fingerprint density at radius 1 is 1.46 bits per heavy atom. The molecule has 1 fully saturated rings. The molecule has 0 aromatic carbocycles. The molecule has 2 atom stereocenters. The average molecular weight is 185 g/mol. The van der Waals surface area contributed by atoms with E-state index >= 15 is 0 Å². The van der Waals surface area contributed by atoms with Crippen LogP contribution in [-0.4, -0.2) is 34.6 Å². The average Bonchev–Trinajstić information content (AvgIpc) is 2.08. The van der Waals surface area contributed by atoms with Crippen molar-refractivity contribution in [2.45, 2.75) is 45.8 Å². The highest BCUT2D eigenvalue weighted by Gasteiger charge is 2.28. The van der Waals surface area contributed by atoms with Gasteiger partial charge in [0.2, 0.25) is 5.91 Å². The quantitative estimate of drug-likeness (QED) is 0.662. The molecule has 0 aromatic rings. The number of likely N-dealkylation sites (tertiary alicyclic amines) is 1. The zero-order chi connectivity index (χ0) is 10.0. The van der Waals surface area contributed by atoms with E-state index in [2.05, 4.69) is 0 Å². The summed E-state index contributed by atoms with van der Waals surface area (Å²) in [4.78, 5) is 13.5. The highest BCUT2D eigenvalue weighted by Crippen LogP contribution is 2.18. The standard InChI is InChI=1S/C10H19NO2/c1-7(2)10(13)11-6-9(12)5-4-8(11)3/h7-9,12H,4-6H2,1-3H3/t8-,9-/m0/s1. The van der Waals surface area contributed by atoms with Gasteiger partial charge in [0.05, 0.1) is 6.10 Å². The van der Waals surface area contributed by atoms with Crippen LogP contribution >= 0.6 is 0 Å². The summed E-state index contributed by atoms with van der Waals surface area (Å²) < 4.78 is 0. The van der Waals surface area contributed by atoms with Crippen molar-refractivity contribution in [1.82, 2.24) is 4.90 Å². The molecule has 13 heavy (non-hydrogen) atoms. The summed E-state index contributed by atoms with van der Waals surface area (Å²) in [6.45, 7) is 6.36. The molecule has 1 aliphatic heterocycles. The molecular formula is C10H19NO2. The van der Waals surface area contributed by atoms with Crippen LogP contribution in [0.5, 0.6) is 0 Å². The van der Waals surface area contributed by atoms with Crippen molar-refractivity contribution >= 4 is 5.91 Å². The number of aliphatic hydroxyl groups excluding tert-OH is 1. The van der Waals surface area contributed by atoms with Gasteiger partial charge in [0.25, 0.3) is 0 Å². The van der Waals surface area contributed by atoms with Crippen molar-refractivity contribution in [2.24, 2.45) is 5.92 Å². The molecule has 3 heteroatoms. The fourth-order valence-electron chi connectivity index (χ4n) is 1.73. The first kappa shape index (κ1) is 10.5. The van der Waals surface area contributed by atoms with Gasteiger partial charge in [-0.25, -0.2) is 0 Å². The molecular weight excluding hydrogens is 166 g/mol. The van der Waals surface area contributed by atoms with Crippen LogP contribution < -0.4 is 0 Å². The Hall–Kier alpha value is -0.570. The molecule has 0 spiro atoms. The van der Waals surface area contributed by atoms with E-state index in [0.717, 1.165) is 12.8 Å². The Balaban J connectivity index is 2.60. The lowest BCUT2D eigenvalue weighted by molar-refractivity contribution is -0.140. The number of hydrogen-bond donors (Lipinski definition) is 1. The number of amides is 1. The number of aliphatic hydroxyl groups is 1. The molecule has 76 valence electrons. The van der Waals surface area contributed by atoms with Crippen LogP contribution in [0.25, 0.3) is 0 Å². The minimum Gasteiger partial charge on any atom is -0.391 e. The first-order chi connectivity index (χ1) is 6.02. The van der Waals surface area contributed by atoms with Crippen molar-refractivity contribution in [2.75, 3.05) is 6.54 Å². The van der Waals surface area contributed by atoms with Gasteiger partial charge >= 0.3 is 0 Å². The molecule has 0 radical (unpaired) electrons. The second kappa shape index (κ2) is 4.09. The molecule has 0 bridgehead atoms. The monoisotopic (exact) mass is 185 g/mol. The highest BCUT2D eigenvalue weighted by atomic mass is 16.3. The molecule has 1 N–H and O–H groups in total. The summed E-state index contributed by atoms with van der Waals surface area (Å²) >= 11 is 0. The van der Waals surface area contributed by atoms with Crippen LogP contribution in [0.3, 0.4) is 0 Å². The molecule has 1 aliphatic rings. The Bertz CT molecular complexity index is 191. The van der Waals surface area contributed by atoms with E-state index in [0.29, 0.717) is 12.6 Å². The van der Waals surface area contributed by atoms with E-state index in [9.17, 15) is 9.90 Å². The van der Waals surface area contributed by atoms with E-state index in [1.54, 1.807) is 4.90 Å². The van der Waals surface area contributed by atoms with E-state index in [1.165, 1.54) is 0 Å². The number of carbonyl (C=O) groups is 1. The summed E-state index contributed by atoms with van der Waals surface area (Å²) in [6, 6.07) is 0.290. The van der Waals surface area contributed by atoms with Crippen LogP contribution in [-0.2, 0) is 4.79 Å². The summed E-state index contributed by atoms with van der Waals surface area (Å²) in [5, 5.41) is 9.43. The van der Waals surface area contributed by atoms with Gasteiger partial charge in [-0.05, 0) is 19.8 Å². The van der Waals surface area contributed by atoms with E-state index in [4.69, 9.17) is 0 Å². The van der Waals surface area contributed by atoms with Gasteiger partial charge < -0.3 is 10.0 Å². The van der Waals surface area contributed by atoms with Gasteiger partial charge in [0, 0.05) is 18.5 Å². The van der Waals surface area contributed by atoms with E-state index in [-0.39, 0.29) is 17.9 Å². The fourth-order valence-corrected chi connectivity index (χ4v) is 1.73. The molecule has 1 rings (SSSR count). The van der Waals surface area contributed by atoms with Crippen molar-refractivity contribution < 1.29 is 9.90 Å². The Morgan fingerprint density at radius 3 is 2.62 bits per heavy atom. The first-order valence-electron chi connectivity index (χ1n) is 5.01. The minimum atomic E-state index is -0.320. The van der Waals surface area contributed by atoms with Crippen molar-refractivity contribution in [1.29, 1.82) is 0 Å². The van der Waals surface area contributed by atoms with Gasteiger partial charge in [-0.2, -0.15) is 0 Å². The predicted molar refractivity (Wildman–Crippen MR) is 51.3 cm³/mol. The largest absolute Gasteiger partial charge is 0.391 e. The normalized spacial score (nSPS) is 29.5. The first-order valence-corrected chi connectivity index (χ1v) is 5.01. The van der Waals surface area contributed by atoms with Crippen LogP contribution in [0.1, 0.15) is 33.6 Å². The van der Waals surface area contributed by atoms with Crippen LogP contribution in [0.15, 0.2) is 0 Å². The molecule has 0 aliphatic carbocycles. The van der Waals surface area contributed by atoms with Gasteiger partial charge in [-0.1, -0.05) is 13.8 Å². The second-order valence-corrected chi connectivity index (χ2v) is 4.23. The second-order valence-electron chi connectivity index (χ2n) is 4.23. The maximum atomic E-state index is 11.7. The Kier molecular flexibility index (Phi) is 3.31. The van der Waals surface area contributed by atoms with Crippen LogP contribution in [0.2, 0.25) is 0 Å². The Morgan fingerprint density at radius 2 is 2.08 bits per heavy atom. The summed E-state index contributed by atoms with van der Waals surface area (Å²) in [5.41, 5.74) is 0. The number of nitrogens with zero attached hydrogens (tertiary/aromatic N) is 1. The van der Waals surface area contributed by atoms with E-state index in [1.807, 2.05) is 20.8 Å². The summed E-state index contributed by atoms with van der Waals surface area (Å²) in [7, 11) is 0. The zero-order valence-electron chi connectivity index (χ0n) is 8.66. The summed E-state index contributed by atoms with van der Waals surface area (Å²) in [5.74, 6) is 0.194. The van der Waals surface area contributed by atoms with Crippen LogP contribution in [0.4, 0.5) is 0 Å². The Labute approximate surface area is 79.7 Å². The number of β-amino-alcohol motifs (C(OH)–C–C–N with tert-alkyl or cyclic N) is 1. The zero-order valence-corrected chi connectivity index (χ0v) is 8.66. The SMILES string of the molecule is CC(C)C(=O)N1C[C@@H](O)CC[C@@H]1C. The van der Waals surface area contributed by atoms with E-state index < -0.39 is 0 Å². The molecule has 0 saturated carbocycles. The van der Waals surface area contributed by atoms with Gasteiger partial charge in [0.1, 0.15) is 0 Å². The lowest BCUT2D eigenvalue weighted by Gasteiger charge is -2.37. The molecule has 1 saturated heterocycles. The lowest BCUT2D eigenvalue weighted by atomic mass is 9.99.